The number of nitrogens with one attached hydrogen (secondary N) is 1. The van der Waals surface area contributed by atoms with Crippen LogP contribution in [-0.2, 0) is 21.7 Å². The first kappa shape index (κ1) is 18.1. The summed E-state index contributed by atoms with van der Waals surface area (Å²) in [7, 11) is 0. The molecule has 1 aromatic carbocycles. The Balaban J connectivity index is 1.62. The van der Waals surface area contributed by atoms with E-state index in [2.05, 4.69) is 36.1 Å². The molecule has 0 aliphatic carbocycles. The number of hydrogen-bond acceptors (Lipinski definition) is 6. The summed E-state index contributed by atoms with van der Waals surface area (Å²) in [6, 6.07) is 9.51. The molecule has 2 unspecified atom stereocenters. The Kier molecular flexibility index (Phi) is 4.94. The van der Waals surface area contributed by atoms with Gasteiger partial charge in [0.1, 0.15) is 17.9 Å². The van der Waals surface area contributed by atoms with Crippen molar-refractivity contribution in [1.29, 1.82) is 0 Å². The van der Waals surface area contributed by atoms with Gasteiger partial charge in [-0.15, -0.1) is 0 Å². The van der Waals surface area contributed by atoms with Gasteiger partial charge in [0, 0.05) is 22.3 Å². The highest BCUT2D eigenvalue weighted by molar-refractivity contribution is 9.10. The van der Waals surface area contributed by atoms with E-state index in [1.54, 1.807) is 6.20 Å². The molecule has 7 nitrogen and oxygen atoms in total. The number of hydrogen-bond donors (Lipinski definition) is 1. The highest BCUT2D eigenvalue weighted by Crippen LogP contribution is 2.39. The Morgan fingerprint density at radius 3 is 2.81 bits per heavy atom. The monoisotopic (exact) mass is 430 g/mol. The summed E-state index contributed by atoms with van der Waals surface area (Å²) in [6.07, 6.45) is 3.63. The lowest BCUT2D eigenvalue weighted by Crippen LogP contribution is -2.32. The Morgan fingerprint density at radius 2 is 2.19 bits per heavy atom. The SMILES string of the molecule is Cc1cc(Oc2ccc(Br)cn2)ccc1C1(Cc2ncn[nH]2)OCC(C)O1. The zero-order chi connectivity index (χ0) is 18.9. The second kappa shape index (κ2) is 7.38. The van der Waals surface area contributed by atoms with Gasteiger partial charge in [0.2, 0.25) is 11.7 Å². The van der Waals surface area contributed by atoms with E-state index in [-0.39, 0.29) is 6.10 Å². The summed E-state index contributed by atoms with van der Waals surface area (Å²) < 4.78 is 19.0. The molecule has 3 heterocycles. The number of aryl methyl sites for hydroxylation is 1. The summed E-state index contributed by atoms with van der Waals surface area (Å²) in [4.78, 5) is 8.46. The minimum atomic E-state index is -0.891. The number of ether oxygens (including phenoxy) is 3. The smallest absolute Gasteiger partial charge is 0.219 e. The van der Waals surface area contributed by atoms with Gasteiger partial charge >= 0.3 is 0 Å². The molecule has 0 spiro atoms. The maximum absolute atomic E-state index is 6.19. The summed E-state index contributed by atoms with van der Waals surface area (Å²) in [5, 5.41) is 6.80. The molecular weight excluding hydrogens is 412 g/mol. The van der Waals surface area contributed by atoms with Crippen molar-refractivity contribution in [3.63, 3.8) is 0 Å². The third-order valence-electron chi connectivity index (χ3n) is 4.34. The maximum atomic E-state index is 6.19. The number of aromatic amines is 1. The Morgan fingerprint density at radius 1 is 1.30 bits per heavy atom. The van der Waals surface area contributed by atoms with Crippen LogP contribution in [0, 0.1) is 6.92 Å². The van der Waals surface area contributed by atoms with Gasteiger partial charge in [-0.3, -0.25) is 5.10 Å². The fourth-order valence-corrected chi connectivity index (χ4v) is 3.42. The number of halogens is 1. The molecule has 1 aliphatic heterocycles. The van der Waals surface area contributed by atoms with Gasteiger partial charge in [0.05, 0.1) is 19.1 Å². The van der Waals surface area contributed by atoms with Gasteiger partial charge in [-0.2, -0.15) is 5.10 Å². The number of rotatable bonds is 5. The molecule has 2 aromatic heterocycles. The quantitative estimate of drug-likeness (QED) is 0.660. The summed E-state index contributed by atoms with van der Waals surface area (Å²) >= 11 is 3.37. The highest BCUT2D eigenvalue weighted by Gasteiger charge is 2.43. The average molecular weight is 431 g/mol. The minimum Gasteiger partial charge on any atom is -0.439 e. The lowest BCUT2D eigenvalue weighted by atomic mass is 9.96. The van der Waals surface area contributed by atoms with Crippen molar-refractivity contribution < 1.29 is 14.2 Å². The van der Waals surface area contributed by atoms with E-state index in [4.69, 9.17) is 14.2 Å². The van der Waals surface area contributed by atoms with E-state index in [1.165, 1.54) is 6.33 Å². The Labute approximate surface area is 165 Å². The van der Waals surface area contributed by atoms with Crippen LogP contribution in [0.3, 0.4) is 0 Å². The normalized spacial score (nSPS) is 22.1. The van der Waals surface area contributed by atoms with Crippen LogP contribution in [0.4, 0.5) is 0 Å². The van der Waals surface area contributed by atoms with E-state index in [0.717, 1.165) is 15.6 Å². The zero-order valence-corrected chi connectivity index (χ0v) is 16.6. The van der Waals surface area contributed by atoms with E-state index in [9.17, 15) is 0 Å². The van der Waals surface area contributed by atoms with E-state index >= 15 is 0 Å². The predicted molar refractivity (Wildman–Crippen MR) is 101 cm³/mol. The van der Waals surface area contributed by atoms with Crippen molar-refractivity contribution in [2.45, 2.75) is 32.2 Å². The molecule has 27 heavy (non-hydrogen) atoms. The van der Waals surface area contributed by atoms with Gasteiger partial charge in [0.25, 0.3) is 0 Å². The molecule has 3 aromatic rings. The largest absolute Gasteiger partial charge is 0.439 e. The van der Waals surface area contributed by atoms with Crippen LogP contribution in [0.2, 0.25) is 0 Å². The molecule has 4 rings (SSSR count). The standard InChI is InChI=1S/C19H19BrN4O3/c1-12-7-15(26-18-6-3-14(20)9-21-18)4-5-16(12)19(25-10-13(2)27-19)8-17-22-11-23-24-17/h3-7,9,11,13H,8,10H2,1-2H3,(H,22,23,24). The van der Waals surface area contributed by atoms with E-state index in [1.807, 2.05) is 44.2 Å². The maximum Gasteiger partial charge on any atom is 0.219 e. The molecule has 1 aliphatic rings. The summed E-state index contributed by atoms with van der Waals surface area (Å²) in [6.45, 7) is 4.53. The van der Waals surface area contributed by atoms with Gasteiger partial charge in [0.15, 0.2) is 0 Å². The second-order valence-corrected chi connectivity index (χ2v) is 7.41. The molecule has 140 valence electrons. The lowest BCUT2D eigenvalue weighted by Gasteiger charge is -2.29. The van der Waals surface area contributed by atoms with Crippen LogP contribution in [0.25, 0.3) is 0 Å². The molecule has 1 fully saturated rings. The van der Waals surface area contributed by atoms with Gasteiger partial charge in [-0.1, -0.05) is 0 Å². The number of H-pyrrole nitrogens is 1. The molecule has 0 radical (unpaired) electrons. The Hall–Kier alpha value is -2.29. The van der Waals surface area contributed by atoms with Crippen LogP contribution in [-0.4, -0.2) is 32.9 Å². The first-order valence-corrected chi connectivity index (χ1v) is 9.40. The average Bonchev–Trinajstić information content (AvgIpc) is 3.28. The van der Waals surface area contributed by atoms with Gasteiger partial charge in [-0.05, 0) is 59.6 Å². The molecule has 1 saturated heterocycles. The van der Waals surface area contributed by atoms with Crippen molar-refractivity contribution in [2.75, 3.05) is 6.61 Å². The molecule has 8 heteroatoms. The zero-order valence-electron chi connectivity index (χ0n) is 15.0. The van der Waals surface area contributed by atoms with Crippen LogP contribution in [0.1, 0.15) is 23.9 Å². The number of benzene rings is 1. The third-order valence-corrected chi connectivity index (χ3v) is 4.81. The molecule has 0 amide bonds. The fraction of sp³-hybridized carbons (Fsp3) is 0.316. The van der Waals surface area contributed by atoms with Crippen LogP contribution >= 0.6 is 15.9 Å². The number of nitrogens with zero attached hydrogens (tertiary/aromatic N) is 3. The molecule has 2 atom stereocenters. The van der Waals surface area contributed by atoms with Gasteiger partial charge < -0.3 is 14.2 Å². The fourth-order valence-electron chi connectivity index (χ4n) is 3.18. The van der Waals surface area contributed by atoms with E-state index < -0.39 is 5.79 Å². The predicted octanol–water partition coefficient (Wildman–Crippen LogP) is 3.89. The highest BCUT2D eigenvalue weighted by atomic mass is 79.9. The first-order valence-electron chi connectivity index (χ1n) is 8.61. The van der Waals surface area contributed by atoms with Crippen molar-refractivity contribution in [3.8, 4) is 11.6 Å². The molecule has 0 saturated carbocycles. The van der Waals surface area contributed by atoms with Crippen LogP contribution in [0.15, 0.2) is 47.3 Å². The lowest BCUT2D eigenvalue weighted by molar-refractivity contribution is -0.175. The minimum absolute atomic E-state index is 0.00443. The van der Waals surface area contributed by atoms with Gasteiger partial charge in [-0.25, -0.2) is 9.97 Å². The topological polar surface area (TPSA) is 82.2 Å². The number of aromatic nitrogens is 4. The van der Waals surface area contributed by atoms with Crippen molar-refractivity contribution in [3.05, 3.63) is 64.3 Å². The summed E-state index contributed by atoms with van der Waals surface area (Å²) in [5.74, 6) is 1.05. The van der Waals surface area contributed by atoms with Crippen LogP contribution < -0.4 is 4.74 Å². The van der Waals surface area contributed by atoms with Crippen molar-refractivity contribution in [1.82, 2.24) is 20.2 Å². The van der Waals surface area contributed by atoms with Crippen molar-refractivity contribution in [2.24, 2.45) is 0 Å². The van der Waals surface area contributed by atoms with Crippen LogP contribution in [0.5, 0.6) is 11.6 Å². The molecule has 1 N–H and O–H groups in total. The van der Waals surface area contributed by atoms with Crippen molar-refractivity contribution >= 4 is 15.9 Å². The molecular formula is C19H19BrN4O3. The second-order valence-electron chi connectivity index (χ2n) is 6.49. The number of pyridine rings is 1. The third kappa shape index (κ3) is 3.87. The first-order chi connectivity index (χ1) is 13.0. The summed E-state index contributed by atoms with van der Waals surface area (Å²) in [5.41, 5.74) is 1.94. The Bertz CT molecular complexity index is 917. The van der Waals surface area contributed by atoms with E-state index in [0.29, 0.717) is 30.5 Å². The molecule has 0 bridgehead atoms.